The Balaban J connectivity index is 1.61. The first-order valence-electron chi connectivity index (χ1n) is 10.2. The van der Waals surface area contributed by atoms with Crippen molar-refractivity contribution >= 4 is 39.2 Å². The Hall–Kier alpha value is -3.48. The van der Waals surface area contributed by atoms with E-state index in [1.807, 2.05) is 0 Å². The van der Waals surface area contributed by atoms with Crippen molar-refractivity contribution < 1.29 is 44.3 Å². The lowest BCUT2D eigenvalue weighted by atomic mass is 10.2. The SMILES string of the molecule is O=C(Oc1c(F)c(F)c(F)c(F)c1F)c1ccc(Sc2ccc(Cl)cc2S(=O)(=O)c2ccccc2F)cc1. The molecule has 0 aliphatic rings. The van der Waals surface area contributed by atoms with Crippen molar-refractivity contribution in [2.45, 2.75) is 19.6 Å². The average molecular weight is 589 g/mol. The lowest BCUT2D eigenvalue weighted by Gasteiger charge is -2.12. The van der Waals surface area contributed by atoms with Crippen LogP contribution in [-0.2, 0) is 9.84 Å². The quantitative estimate of drug-likeness (QED) is 0.0773. The van der Waals surface area contributed by atoms with Crippen LogP contribution in [-0.4, -0.2) is 14.4 Å². The Morgan fingerprint density at radius 2 is 1.32 bits per heavy atom. The largest absolute Gasteiger partial charge is 0.416 e. The van der Waals surface area contributed by atoms with Gasteiger partial charge in [-0.2, -0.15) is 8.78 Å². The highest BCUT2D eigenvalue weighted by Crippen LogP contribution is 2.38. The second-order valence-corrected chi connectivity index (χ2v) is 10.9. The smallest absolute Gasteiger partial charge is 0.343 e. The van der Waals surface area contributed by atoms with E-state index in [-0.39, 0.29) is 20.4 Å². The van der Waals surface area contributed by atoms with E-state index >= 15 is 0 Å². The van der Waals surface area contributed by atoms with Gasteiger partial charge in [-0.25, -0.2) is 30.8 Å². The van der Waals surface area contributed by atoms with Gasteiger partial charge in [0.1, 0.15) is 10.7 Å². The summed E-state index contributed by atoms with van der Waals surface area (Å²) in [5, 5.41) is 0.0792. The number of esters is 1. The van der Waals surface area contributed by atoms with Gasteiger partial charge in [-0.3, -0.25) is 0 Å². The maximum Gasteiger partial charge on any atom is 0.343 e. The van der Waals surface area contributed by atoms with E-state index in [1.165, 1.54) is 36.4 Å². The third kappa shape index (κ3) is 5.24. The van der Waals surface area contributed by atoms with Crippen LogP contribution in [0.5, 0.6) is 5.75 Å². The van der Waals surface area contributed by atoms with Crippen LogP contribution in [0.2, 0.25) is 5.02 Å². The monoisotopic (exact) mass is 588 g/mol. The standard InChI is InChI=1S/C25H11ClF6O4S2/c26-13-7-10-16(18(11-13)38(34,35)17-4-2-1-3-15(17)27)37-14-8-5-12(6-9-14)25(33)36-24-22(31)20(29)19(28)21(30)23(24)32/h1-11H. The molecule has 0 aromatic heterocycles. The average Bonchev–Trinajstić information content (AvgIpc) is 2.90. The number of halogens is 7. The molecule has 0 bridgehead atoms. The summed E-state index contributed by atoms with van der Waals surface area (Å²) in [4.78, 5) is 12.0. The zero-order valence-corrected chi connectivity index (χ0v) is 20.8. The van der Waals surface area contributed by atoms with Gasteiger partial charge in [0, 0.05) is 14.8 Å². The minimum Gasteiger partial charge on any atom is -0.416 e. The molecule has 4 nitrogen and oxygen atoms in total. The summed E-state index contributed by atoms with van der Waals surface area (Å²) in [6.07, 6.45) is 0. The van der Waals surface area contributed by atoms with Gasteiger partial charge in [-0.1, -0.05) is 35.5 Å². The van der Waals surface area contributed by atoms with E-state index in [9.17, 15) is 39.6 Å². The molecule has 0 saturated heterocycles. The molecule has 4 aromatic carbocycles. The predicted molar refractivity (Wildman–Crippen MR) is 125 cm³/mol. The third-order valence-electron chi connectivity index (χ3n) is 5.00. The summed E-state index contributed by atoms with van der Waals surface area (Å²) in [6.45, 7) is 0. The molecule has 0 amide bonds. The molecule has 0 aliphatic heterocycles. The first-order valence-corrected chi connectivity index (χ1v) is 12.9. The molecule has 196 valence electrons. The summed E-state index contributed by atoms with van der Waals surface area (Å²) in [7, 11) is -4.33. The number of benzene rings is 4. The van der Waals surface area contributed by atoms with E-state index in [1.54, 1.807) is 0 Å². The number of ether oxygens (including phenoxy) is 1. The van der Waals surface area contributed by atoms with Crippen LogP contribution in [0.15, 0.2) is 86.3 Å². The molecule has 13 heteroatoms. The van der Waals surface area contributed by atoms with Crippen LogP contribution < -0.4 is 4.74 Å². The maximum atomic E-state index is 14.3. The van der Waals surface area contributed by atoms with E-state index in [0.717, 1.165) is 42.1 Å². The summed E-state index contributed by atoms with van der Waals surface area (Å²) >= 11 is 6.90. The van der Waals surface area contributed by atoms with Gasteiger partial charge in [0.2, 0.25) is 44.7 Å². The van der Waals surface area contributed by atoms with Gasteiger partial charge in [0.05, 0.1) is 10.5 Å². The van der Waals surface area contributed by atoms with Gasteiger partial charge >= 0.3 is 5.97 Å². The van der Waals surface area contributed by atoms with Crippen molar-refractivity contribution in [1.29, 1.82) is 0 Å². The lowest BCUT2D eigenvalue weighted by molar-refractivity contribution is 0.0716. The van der Waals surface area contributed by atoms with Crippen molar-refractivity contribution in [3.63, 3.8) is 0 Å². The number of carbonyl (C=O) groups is 1. The van der Waals surface area contributed by atoms with Crippen molar-refractivity contribution in [1.82, 2.24) is 0 Å². The molecule has 0 radical (unpaired) electrons. The second-order valence-electron chi connectivity index (χ2n) is 7.44. The van der Waals surface area contributed by atoms with Gasteiger partial charge in [0.25, 0.3) is 0 Å². The molecular weight excluding hydrogens is 578 g/mol. The van der Waals surface area contributed by atoms with Crippen LogP contribution in [0.3, 0.4) is 0 Å². The Morgan fingerprint density at radius 1 is 0.737 bits per heavy atom. The molecule has 0 atom stereocenters. The van der Waals surface area contributed by atoms with Crippen molar-refractivity contribution in [2.75, 3.05) is 0 Å². The summed E-state index contributed by atoms with van der Waals surface area (Å²) in [5.74, 6) is -15.7. The van der Waals surface area contributed by atoms with E-state index in [2.05, 4.69) is 4.74 Å². The van der Waals surface area contributed by atoms with Crippen LogP contribution >= 0.6 is 23.4 Å². The Bertz CT molecular complexity index is 1650. The number of carbonyl (C=O) groups excluding carboxylic acids is 1. The minimum atomic E-state index is -4.33. The van der Waals surface area contributed by atoms with Crippen molar-refractivity contribution in [3.8, 4) is 5.75 Å². The number of hydrogen-bond acceptors (Lipinski definition) is 5. The minimum absolute atomic E-state index is 0.0792. The first-order chi connectivity index (χ1) is 17.9. The zero-order chi connectivity index (χ0) is 27.8. The third-order valence-corrected chi connectivity index (χ3v) is 8.28. The molecule has 38 heavy (non-hydrogen) atoms. The number of hydrogen-bond donors (Lipinski definition) is 0. The molecule has 0 aliphatic carbocycles. The fourth-order valence-corrected chi connectivity index (χ4v) is 6.12. The lowest BCUT2D eigenvalue weighted by Crippen LogP contribution is -2.13. The number of sulfone groups is 1. The molecule has 4 aromatic rings. The first kappa shape index (κ1) is 27.6. The van der Waals surface area contributed by atoms with Gasteiger partial charge < -0.3 is 4.74 Å². The van der Waals surface area contributed by atoms with Crippen LogP contribution in [0.25, 0.3) is 0 Å². The highest BCUT2D eigenvalue weighted by molar-refractivity contribution is 8.00. The van der Waals surface area contributed by atoms with Crippen molar-refractivity contribution in [2.24, 2.45) is 0 Å². The van der Waals surface area contributed by atoms with Crippen molar-refractivity contribution in [3.05, 3.63) is 112 Å². The van der Waals surface area contributed by atoms with Crippen LogP contribution in [0, 0.1) is 34.9 Å². The van der Waals surface area contributed by atoms with Crippen LogP contribution in [0.1, 0.15) is 10.4 Å². The molecule has 0 saturated carbocycles. The topological polar surface area (TPSA) is 60.4 Å². The fourth-order valence-electron chi connectivity index (χ4n) is 3.17. The van der Waals surface area contributed by atoms with E-state index in [0.29, 0.717) is 4.90 Å². The Labute approximate surface area is 220 Å². The molecule has 0 unspecified atom stereocenters. The van der Waals surface area contributed by atoms with Gasteiger partial charge in [-0.15, -0.1) is 0 Å². The Morgan fingerprint density at radius 3 is 1.92 bits per heavy atom. The highest BCUT2D eigenvalue weighted by Gasteiger charge is 2.29. The van der Waals surface area contributed by atoms with E-state index < -0.39 is 61.4 Å². The van der Waals surface area contributed by atoms with E-state index in [4.69, 9.17) is 11.6 Å². The molecule has 0 N–H and O–H groups in total. The molecule has 0 spiro atoms. The van der Waals surface area contributed by atoms with Crippen LogP contribution in [0.4, 0.5) is 26.3 Å². The zero-order valence-electron chi connectivity index (χ0n) is 18.4. The normalized spacial score (nSPS) is 11.4. The summed E-state index contributed by atoms with van der Waals surface area (Å²) < 4.78 is 112. The Kier molecular flexibility index (Phi) is 7.77. The predicted octanol–water partition coefficient (Wildman–Crippen LogP) is 7.38. The molecule has 0 fully saturated rings. The second kappa shape index (κ2) is 10.7. The highest BCUT2D eigenvalue weighted by atomic mass is 35.5. The molecule has 4 rings (SSSR count). The maximum absolute atomic E-state index is 14.3. The molecule has 0 heterocycles. The molecular formula is C25H11ClF6O4S2. The van der Waals surface area contributed by atoms with Gasteiger partial charge in [0.15, 0.2) is 0 Å². The summed E-state index contributed by atoms with van der Waals surface area (Å²) in [5.41, 5.74) is -0.311. The number of rotatable bonds is 6. The van der Waals surface area contributed by atoms with Gasteiger partial charge in [-0.05, 0) is 54.6 Å². The fraction of sp³-hybridized carbons (Fsp3) is 0. The summed E-state index contributed by atoms with van der Waals surface area (Å²) in [6, 6.07) is 13.6.